The Morgan fingerprint density at radius 1 is 0.905 bits per heavy atom. The first-order chi connectivity index (χ1) is 9.97. The Bertz CT molecular complexity index is 810. The van der Waals surface area contributed by atoms with Crippen molar-refractivity contribution in [2.45, 2.75) is 6.18 Å². The lowest BCUT2D eigenvalue weighted by atomic mass is 10.0. The van der Waals surface area contributed by atoms with E-state index >= 15 is 0 Å². The molecule has 0 amide bonds. The molecule has 0 unspecified atom stereocenters. The number of fused-ring (bicyclic) bond motifs is 1. The number of nitrogen functional groups attached to an aromatic ring is 1. The van der Waals surface area contributed by atoms with Crippen LogP contribution in [0.3, 0.4) is 0 Å². The fourth-order valence-corrected chi connectivity index (χ4v) is 2.32. The number of hydrogen-bond donors (Lipinski definition) is 1. The van der Waals surface area contributed by atoms with Gasteiger partial charge in [-0.2, -0.15) is 13.2 Å². The van der Waals surface area contributed by atoms with E-state index in [0.717, 1.165) is 16.8 Å². The van der Waals surface area contributed by atoms with Crippen molar-refractivity contribution in [2.75, 3.05) is 5.73 Å². The Labute approximate surface area is 119 Å². The summed E-state index contributed by atoms with van der Waals surface area (Å²) in [6.07, 6.45) is -4.43. The van der Waals surface area contributed by atoms with E-state index in [0.29, 0.717) is 0 Å². The van der Waals surface area contributed by atoms with E-state index in [-0.39, 0.29) is 17.1 Å². The third-order valence-corrected chi connectivity index (χ3v) is 3.28. The van der Waals surface area contributed by atoms with Crippen LogP contribution in [0, 0.1) is 0 Å². The zero-order valence-corrected chi connectivity index (χ0v) is 10.9. The predicted octanol–water partition coefficient (Wildman–Crippen LogP) is 4.50. The summed E-state index contributed by atoms with van der Waals surface area (Å²) in [5, 5.41) is 1.49. The number of alkyl halides is 3. The highest BCUT2D eigenvalue weighted by atomic mass is 19.4. The molecule has 3 aromatic rings. The number of aromatic nitrogens is 1. The third-order valence-electron chi connectivity index (χ3n) is 3.28. The van der Waals surface area contributed by atoms with Gasteiger partial charge in [-0.15, -0.1) is 0 Å². The minimum absolute atomic E-state index is 0.0300. The molecule has 21 heavy (non-hydrogen) atoms. The van der Waals surface area contributed by atoms with Crippen molar-refractivity contribution < 1.29 is 13.2 Å². The molecule has 0 fully saturated rings. The third kappa shape index (κ3) is 2.42. The molecule has 0 saturated carbocycles. The van der Waals surface area contributed by atoms with Crippen molar-refractivity contribution in [1.29, 1.82) is 0 Å². The Morgan fingerprint density at radius 3 is 2.33 bits per heavy atom. The van der Waals surface area contributed by atoms with E-state index in [1.165, 1.54) is 12.1 Å². The summed E-state index contributed by atoms with van der Waals surface area (Å²) in [4.78, 5) is 4.12. The summed E-state index contributed by atoms with van der Waals surface area (Å²) < 4.78 is 39.3. The maximum Gasteiger partial charge on any atom is 0.417 e. The number of rotatable bonds is 1. The van der Waals surface area contributed by atoms with E-state index in [1.807, 2.05) is 6.07 Å². The Hall–Kier alpha value is -2.56. The molecule has 3 rings (SSSR count). The van der Waals surface area contributed by atoms with Crippen LogP contribution in [0.4, 0.5) is 19.0 Å². The lowest BCUT2D eigenvalue weighted by molar-refractivity contribution is -0.137. The van der Waals surface area contributed by atoms with Crippen LogP contribution in [-0.4, -0.2) is 4.98 Å². The molecular formula is C16H11F3N2. The van der Waals surface area contributed by atoms with Crippen LogP contribution in [0.15, 0.2) is 54.6 Å². The Morgan fingerprint density at radius 2 is 1.57 bits per heavy atom. The normalized spacial score (nSPS) is 11.8. The molecule has 0 atom stereocenters. The zero-order valence-electron chi connectivity index (χ0n) is 10.9. The lowest BCUT2D eigenvalue weighted by Crippen LogP contribution is -2.07. The predicted molar refractivity (Wildman–Crippen MR) is 76.6 cm³/mol. The molecule has 2 nitrogen and oxygen atoms in total. The van der Waals surface area contributed by atoms with Crippen LogP contribution in [0.25, 0.3) is 22.0 Å². The van der Waals surface area contributed by atoms with Gasteiger partial charge in [-0.3, -0.25) is 0 Å². The summed E-state index contributed by atoms with van der Waals surface area (Å²) in [7, 11) is 0. The van der Waals surface area contributed by atoms with Crippen LogP contribution in [0.5, 0.6) is 0 Å². The van der Waals surface area contributed by atoms with Crippen LogP contribution >= 0.6 is 0 Å². The average molecular weight is 288 g/mol. The number of anilines is 1. The quantitative estimate of drug-likeness (QED) is 0.716. The van der Waals surface area contributed by atoms with Crippen molar-refractivity contribution in [3.05, 3.63) is 60.2 Å². The van der Waals surface area contributed by atoms with Crippen molar-refractivity contribution in [1.82, 2.24) is 4.98 Å². The molecule has 1 aromatic heterocycles. The highest BCUT2D eigenvalue weighted by Gasteiger charge is 2.33. The molecule has 0 aliphatic rings. The number of pyridine rings is 1. The average Bonchev–Trinajstić information content (AvgIpc) is 2.46. The molecule has 2 aromatic carbocycles. The van der Waals surface area contributed by atoms with Crippen LogP contribution in [-0.2, 0) is 6.18 Å². The van der Waals surface area contributed by atoms with E-state index in [2.05, 4.69) is 4.98 Å². The molecule has 2 N–H and O–H groups in total. The smallest absolute Gasteiger partial charge is 0.383 e. The van der Waals surface area contributed by atoms with Gasteiger partial charge in [0.2, 0.25) is 0 Å². The lowest BCUT2D eigenvalue weighted by Gasteiger charge is -2.13. The maximum atomic E-state index is 13.1. The summed E-state index contributed by atoms with van der Waals surface area (Å²) in [5.41, 5.74) is 5.40. The number of halogens is 3. The van der Waals surface area contributed by atoms with Gasteiger partial charge in [-0.05, 0) is 17.5 Å². The van der Waals surface area contributed by atoms with Gasteiger partial charge in [0, 0.05) is 10.9 Å². The summed E-state index contributed by atoms with van der Waals surface area (Å²) in [6, 6.07) is 14.2. The summed E-state index contributed by atoms with van der Waals surface area (Å²) in [6.45, 7) is 0. The van der Waals surface area contributed by atoms with Gasteiger partial charge in [0.1, 0.15) is 5.82 Å². The first-order valence-electron chi connectivity index (χ1n) is 6.28. The second kappa shape index (κ2) is 4.77. The van der Waals surface area contributed by atoms with Gasteiger partial charge in [0.25, 0.3) is 0 Å². The van der Waals surface area contributed by atoms with E-state index in [4.69, 9.17) is 5.73 Å². The van der Waals surface area contributed by atoms with Crippen LogP contribution < -0.4 is 5.73 Å². The second-order valence-electron chi connectivity index (χ2n) is 4.66. The highest BCUT2D eigenvalue weighted by Crippen LogP contribution is 2.37. The number of nitrogens with zero attached hydrogens (tertiary/aromatic N) is 1. The number of hydrogen-bond acceptors (Lipinski definition) is 2. The van der Waals surface area contributed by atoms with Crippen molar-refractivity contribution in [3.8, 4) is 11.3 Å². The van der Waals surface area contributed by atoms with Crippen molar-refractivity contribution >= 4 is 16.6 Å². The molecule has 5 heteroatoms. The van der Waals surface area contributed by atoms with Crippen LogP contribution in [0.2, 0.25) is 0 Å². The molecule has 0 saturated heterocycles. The van der Waals surface area contributed by atoms with Gasteiger partial charge < -0.3 is 5.73 Å². The van der Waals surface area contributed by atoms with Crippen molar-refractivity contribution in [3.63, 3.8) is 0 Å². The number of benzene rings is 2. The van der Waals surface area contributed by atoms with Crippen molar-refractivity contribution in [2.24, 2.45) is 0 Å². The minimum atomic E-state index is -4.43. The SMILES string of the molecule is Nc1nc(-c2ccccc2C(F)(F)F)cc2ccccc12. The standard InChI is InChI=1S/C16H11F3N2/c17-16(18,19)13-8-4-3-7-12(13)14-9-10-5-1-2-6-11(10)15(20)21-14/h1-9H,(H2,20,21). The second-order valence-corrected chi connectivity index (χ2v) is 4.66. The van der Waals surface area contributed by atoms with E-state index in [1.54, 1.807) is 30.3 Å². The number of nitrogens with two attached hydrogens (primary N) is 1. The van der Waals surface area contributed by atoms with Crippen LogP contribution in [0.1, 0.15) is 5.56 Å². The van der Waals surface area contributed by atoms with Gasteiger partial charge in [-0.25, -0.2) is 4.98 Å². The van der Waals surface area contributed by atoms with E-state index in [9.17, 15) is 13.2 Å². The molecule has 0 aliphatic carbocycles. The van der Waals surface area contributed by atoms with Gasteiger partial charge in [0.05, 0.1) is 11.3 Å². The molecule has 1 heterocycles. The monoisotopic (exact) mass is 288 g/mol. The zero-order chi connectivity index (χ0) is 15.0. The molecular weight excluding hydrogens is 277 g/mol. The molecule has 0 aliphatic heterocycles. The fourth-order valence-electron chi connectivity index (χ4n) is 2.32. The summed E-state index contributed by atoms with van der Waals surface area (Å²) in [5.74, 6) is 0.222. The fraction of sp³-hybridized carbons (Fsp3) is 0.0625. The molecule has 0 bridgehead atoms. The summed E-state index contributed by atoms with van der Waals surface area (Å²) >= 11 is 0. The first-order valence-corrected chi connectivity index (χ1v) is 6.28. The van der Waals surface area contributed by atoms with Gasteiger partial charge in [-0.1, -0.05) is 42.5 Å². The first kappa shape index (κ1) is 13.4. The molecule has 106 valence electrons. The van der Waals surface area contributed by atoms with Gasteiger partial charge >= 0.3 is 6.18 Å². The largest absolute Gasteiger partial charge is 0.417 e. The molecule has 0 radical (unpaired) electrons. The Kier molecular flexibility index (Phi) is 3.05. The Balaban J connectivity index is 2.27. The van der Waals surface area contributed by atoms with Gasteiger partial charge in [0.15, 0.2) is 0 Å². The maximum absolute atomic E-state index is 13.1. The topological polar surface area (TPSA) is 38.9 Å². The molecule has 0 spiro atoms. The van der Waals surface area contributed by atoms with E-state index < -0.39 is 11.7 Å². The minimum Gasteiger partial charge on any atom is -0.383 e. The highest BCUT2D eigenvalue weighted by molar-refractivity contribution is 5.93.